The Morgan fingerprint density at radius 2 is 1.57 bits per heavy atom. The maximum absolute atomic E-state index is 13.7. The maximum atomic E-state index is 13.7. The van der Waals surface area contributed by atoms with Crippen molar-refractivity contribution in [1.29, 1.82) is 0 Å². The second-order valence-electron chi connectivity index (χ2n) is 9.37. The first-order valence-electron chi connectivity index (χ1n) is 13.1. The summed E-state index contributed by atoms with van der Waals surface area (Å²) >= 11 is 0. The molecule has 40 heavy (non-hydrogen) atoms. The smallest absolute Gasteiger partial charge is 0.244 e. The van der Waals surface area contributed by atoms with Crippen LogP contribution in [0.3, 0.4) is 0 Å². The van der Waals surface area contributed by atoms with Gasteiger partial charge in [-0.05, 0) is 67.4 Å². The van der Waals surface area contributed by atoms with E-state index in [0.29, 0.717) is 29.5 Å². The third-order valence-electron chi connectivity index (χ3n) is 6.27. The van der Waals surface area contributed by atoms with Crippen LogP contribution in [0.2, 0.25) is 0 Å². The van der Waals surface area contributed by atoms with E-state index in [1.165, 1.54) is 4.90 Å². The zero-order chi connectivity index (χ0) is 29.1. The number of rotatable bonds is 14. The normalized spacial score (nSPS) is 11.8. The lowest BCUT2D eigenvalue weighted by molar-refractivity contribution is -0.139. The molecule has 3 rings (SSSR count). The number of benzene rings is 3. The quantitative estimate of drug-likeness (QED) is 0.286. The van der Waals surface area contributed by atoms with Gasteiger partial charge in [-0.2, -0.15) is 0 Å². The molecule has 0 saturated carbocycles. The molecule has 9 nitrogen and oxygen atoms in total. The van der Waals surface area contributed by atoms with Crippen LogP contribution in [0.15, 0.2) is 78.9 Å². The van der Waals surface area contributed by atoms with Crippen LogP contribution in [-0.4, -0.2) is 57.6 Å². The van der Waals surface area contributed by atoms with Crippen molar-refractivity contribution in [2.75, 3.05) is 30.8 Å². The van der Waals surface area contributed by atoms with Crippen molar-refractivity contribution in [3.8, 4) is 17.2 Å². The lowest BCUT2D eigenvalue weighted by Crippen LogP contribution is -2.51. The highest BCUT2D eigenvalue weighted by Crippen LogP contribution is 2.26. The van der Waals surface area contributed by atoms with Gasteiger partial charge < -0.3 is 19.7 Å². The van der Waals surface area contributed by atoms with E-state index >= 15 is 0 Å². The van der Waals surface area contributed by atoms with Gasteiger partial charge in [-0.25, -0.2) is 8.42 Å². The van der Waals surface area contributed by atoms with E-state index in [9.17, 15) is 18.0 Å². The summed E-state index contributed by atoms with van der Waals surface area (Å²) in [4.78, 5) is 28.0. The number of sulfonamides is 1. The molecule has 10 heteroatoms. The van der Waals surface area contributed by atoms with Crippen LogP contribution >= 0.6 is 0 Å². The topological polar surface area (TPSA) is 105 Å². The minimum Gasteiger partial charge on any atom is -0.497 e. The van der Waals surface area contributed by atoms with Gasteiger partial charge in [-0.15, -0.1) is 0 Å². The fourth-order valence-electron chi connectivity index (χ4n) is 4.00. The molecule has 0 bridgehead atoms. The molecule has 214 valence electrons. The van der Waals surface area contributed by atoms with Gasteiger partial charge in [0.1, 0.15) is 29.8 Å². The number of carbonyl (C=O) groups is 2. The average molecular weight is 568 g/mol. The Morgan fingerprint density at radius 3 is 2.20 bits per heavy atom. The molecule has 1 atom stereocenters. The minimum atomic E-state index is -3.84. The van der Waals surface area contributed by atoms with Gasteiger partial charge in [-0.1, -0.05) is 43.7 Å². The zero-order valence-electron chi connectivity index (χ0n) is 23.4. The molecule has 3 aromatic carbocycles. The average Bonchev–Trinajstić information content (AvgIpc) is 2.95. The Bertz CT molecular complexity index is 1360. The molecular weight excluding hydrogens is 530 g/mol. The summed E-state index contributed by atoms with van der Waals surface area (Å²) in [6.07, 6.45) is 2.77. The number of anilines is 1. The Morgan fingerprint density at radius 1 is 0.925 bits per heavy atom. The van der Waals surface area contributed by atoms with E-state index in [4.69, 9.17) is 9.47 Å². The predicted octanol–water partition coefficient (Wildman–Crippen LogP) is 4.59. The number of para-hydroxylation sites is 1. The van der Waals surface area contributed by atoms with Crippen LogP contribution in [0.1, 0.15) is 32.3 Å². The number of methoxy groups -OCH3 is 1. The molecule has 0 unspecified atom stereocenters. The van der Waals surface area contributed by atoms with E-state index in [-0.39, 0.29) is 12.5 Å². The minimum absolute atomic E-state index is 0.0971. The number of carbonyl (C=O) groups excluding carboxylic acids is 2. The fourth-order valence-corrected chi connectivity index (χ4v) is 4.85. The number of nitrogens with zero attached hydrogens (tertiary/aromatic N) is 2. The molecule has 0 aliphatic rings. The summed E-state index contributed by atoms with van der Waals surface area (Å²) < 4.78 is 37.8. The molecule has 2 amide bonds. The summed E-state index contributed by atoms with van der Waals surface area (Å²) in [6, 6.07) is 22.0. The van der Waals surface area contributed by atoms with E-state index in [1.54, 1.807) is 56.5 Å². The number of amides is 2. The van der Waals surface area contributed by atoms with Crippen LogP contribution in [0, 0.1) is 0 Å². The number of unbranched alkanes of at least 4 members (excludes halogenated alkanes) is 1. The van der Waals surface area contributed by atoms with Gasteiger partial charge in [0.25, 0.3) is 0 Å². The van der Waals surface area contributed by atoms with Crippen molar-refractivity contribution in [2.45, 2.75) is 39.3 Å². The largest absolute Gasteiger partial charge is 0.497 e. The van der Waals surface area contributed by atoms with Gasteiger partial charge in [0.2, 0.25) is 21.8 Å². The molecular formula is C30H37N3O6S. The Labute approximate surface area is 236 Å². The number of hydrogen-bond donors (Lipinski definition) is 1. The summed E-state index contributed by atoms with van der Waals surface area (Å²) in [5.74, 6) is 0.950. The molecule has 0 aromatic heterocycles. The maximum Gasteiger partial charge on any atom is 0.244 e. The molecule has 0 spiro atoms. The van der Waals surface area contributed by atoms with Crippen molar-refractivity contribution in [3.63, 3.8) is 0 Å². The molecule has 0 radical (unpaired) electrons. The molecule has 0 fully saturated rings. The van der Waals surface area contributed by atoms with Crippen LogP contribution in [0.25, 0.3) is 0 Å². The van der Waals surface area contributed by atoms with Gasteiger partial charge in [-0.3, -0.25) is 13.9 Å². The SMILES string of the molecule is CCCCNC(=O)[C@H](C)N(Cc1cccc(OC)c1)C(=O)CN(c1ccc(Oc2ccccc2)cc1)S(C)(=O)=O. The second-order valence-corrected chi connectivity index (χ2v) is 11.3. The first-order valence-corrected chi connectivity index (χ1v) is 15.0. The highest BCUT2D eigenvalue weighted by atomic mass is 32.2. The van der Waals surface area contributed by atoms with Crippen molar-refractivity contribution < 1.29 is 27.5 Å². The third-order valence-corrected chi connectivity index (χ3v) is 7.41. The third kappa shape index (κ3) is 8.74. The van der Waals surface area contributed by atoms with Crippen molar-refractivity contribution in [3.05, 3.63) is 84.4 Å². The Balaban J connectivity index is 1.85. The molecule has 3 aromatic rings. The fraction of sp³-hybridized carbons (Fsp3) is 0.333. The standard InChI is InChI=1S/C30H37N3O6S/c1-5-6-19-31-30(35)23(2)32(21-24-11-10-14-28(20-24)38-3)29(34)22-33(40(4,36)37)25-15-17-27(18-16-25)39-26-12-8-7-9-13-26/h7-18,20,23H,5-6,19,21-22H2,1-4H3,(H,31,35)/t23-/m0/s1. The zero-order valence-corrected chi connectivity index (χ0v) is 24.2. The van der Waals surface area contributed by atoms with Gasteiger partial charge in [0.05, 0.1) is 19.1 Å². The van der Waals surface area contributed by atoms with Gasteiger partial charge >= 0.3 is 0 Å². The van der Waals surface area contributed by atoms with E-state index < -0.39 is 28.5 Å². The number of nitrogens with one attached hydrogen (secondary N) is 1. The van der Waals surface area contributed by atoms with Gasteiger partial charge in [0, 0.05) is 13.1 Å². The van der Waals surface area contributed by atoms with Crippen LogP contribution < -0.4 is 19.1 Å². The first-order chi connectivity index (χ1) is 19.1. The van der Waals surface area contributed by atoms with E-state index in [2.05, 4.69) is 5.32 Å². The van der Waals surface area contributed by atoms with Crippen LogP contribution in [0.4, 0.5) is 5.69 Å². The van der Waals surface area contributed by atoms with Crippen LogP contribution in [0.5, 0.6) is 17.2 Å². The molecule has 0 aliphatic carbocycles. The van der Waals surface area contributed by atoms with E-state index in [1.807, 2.05) is 43.3 Å². The molecule has 0 saturated heterocycles. The lowest BCUT2D eigenvalue weighted by Gasteiger charge is -2.31. The molecule has 0 aliphatic heterocycles. The van der Waals surface area contributed by atoms with Crippen molar-refractivity contribution in [2.24, 2.45) is 0 Å². The summed E-state index contributed by atoms with van der Waals surface area (Å²) in [5, 5.41) is 2.87. The molecule has 0 heterocycles. The summed E-state index contributed by atoms with van der Waals surface area (Å²) in [6.45, 7) is 3.77. The number of ether oxygens (including phenoxy) is 2. The first kappa shape index (κ1) is 30.5. The Hall–Kier alpha value is -4.05. The monoisotopic (exact) mass is 567 g/mol. The van der Waals surface area contributed by atoms with Crippen LogP contribution in [-0.2, 0) is 26.2 Å². The predicted molar refractivity (Wildman–Crippen MR) is 156 cm³/mol. The van der Waals surface area contributed by atoms with Crippen molar-refractivity contribution >= 4 is 27.5 Å². The summed E-state index contributed by atoms with van der Waals surface area (Å²) in [5.41, 5.74) is 1.05. The van der Waals surface area contributed by atoms with E-state index in [0.717, 1.165) is 29.0 Å². The highest BCUT2D eigenvalue weighted by Gasteiger charge is 2.30. The Kier molecular flexibility index (Phi) is 11.0. The van der Waals surface area contributed by atoms with Gasteiger partial charge in [0.15, 0.2) is 0 Å². The lowest BCUT2D eigenvalue weighted by atomic mass is 10.1. The molecule has 1 N–H and O–H groups in total. The second kappa shape index (κ2) is 14.4. The number of hydrogen-bond acceptors (Lipinski definition) is 6. The van der Waals surface area contributed by atoms with Crippen molar-refractivity contribution in [1.82, 2.24) is 10.2 Å². The summed E-state index contributed by atoms with van der Waals surface area (Å²) in [7, 11) is -2.29. The highest BCUT2D eigenvalue weighted by molar-refractivity contribution is 7.92.